The van der Waals surface area contributed by atoms with Crippen LogP contribution in [-0.2, 0) is 32.0 Å². The van der Waals surface area contributed by atoms with Gasteiger partial charge < -0.3 is 37.6 Å². The fraction of sp³-hybridized carbons (Fsp3) is 0.538. The molecule has 0 aromatic heterocycles. The van der Waals surface area contributed by atoms with Crippen LogP contribution in [0.5, 0.6) is 0 Å². The maximum absolute atomic E-state index is 14.0. The SMILES string of the molecule is C=C(N[C@H](CC(C)C)C(=O)N[C@H](CCCCN)C(=O)N1CCC2(CCNC2=O)CC1)[C@@H](Cc1ccccc1)NC(=O)[C@H](N)Cc1ccccc1. The first-order chi connectivity index (χ1) is 24.0. The van der Waals surface area contributed by atoms with Crippen LogP contribution in [0, 0.1) is 11.3 Å². The third kappa shape index (κ3) is 10.9. The number of likely N-dealkylation sites (tertiary alicyclic amines) is 1. The Labute approximate surface area is 297 Å². The summed E-state index contributed by atoms with van der Waals surface area (Å²) in [5.41, 5.74) is 14.2. The van der Waals surface area contributed by atoms with Crippen LogP contribution in [0.15, 0.2) is 72.9 Å². The number of unbranched alkanes of at least 4 members (excludes halogenated alkanes) is 1. The van der Waals surface area contributed by atoms with Crippen molar-refractivity contribution in [2.45, 2.75) is 95.8 Å². The molecule has 2 aliphatic rings. The zero-order valence-electron chi connectivity index (χ0n) is 29.8. The summed E-state index contributed by atoms with van der Waals surface area (Å²) in [6.07, 6.45) is 5.23. The number of hydrogen-bond donors (Lipinski definition) is 6. The van der Waals surface area contributed by atoms with Gasteiger partial charge in [0.15, 0.2) is 0 Å². The standard InChI is InChI=1S/C39H57N7O4/c1-27(2)24-34(36(48)44-32(16-10-11-20-40)37(49)46-22-18-39(19-23-46)17-21-42-38(39)50)43-28(3)33(26-30-14-8-5-9-15-30)45-35(47)31(41)25-29-12-6-4-7-13-29/h4-9,12-15,27,31-34,43H,3,10-11,16-26,40-41H2,1-2H3,(H,42,50)(H,44,48)(H,45,47)/t31-,32-,33-,34-/m1/s1. The number of nitrogens with zero attached hydrogens (tertiary/aromatic N) is 1. The number of benzene rings is 2. The van der Waals surface area contributed by atoms with Gasteiger partial charge in [0.1, 0.15) is 12.1 Å². The Morgan fingerprint density at radius 2 is 1.44 bits per heavy atom. The average molecular weight is 688 g/mol. The smallest absolute Gasteiger partial charge is 0.245 e. The zero-order valence-corrected chi connectivity index (χ0v) is 29.8. The molecule has 11 heteroatoms. The van der Waals surface area contributed by atoms with Crippen LogP contribution in [0.2, 0.25) is 0 Å². The zero-order chi connectivity index (χ0) is 36.1. The molecule has 0 radical (unpaired) electrons. The minimum absolute atomic E-state index is 0.0835. The molecule has 2 saturated heterocycles. The molecule has 2 aromatic carbocycles. The second-order valence-corrected chi connectivity index (χ2v) is 14.4. The summed E-state index contributed by atoms with van der Waals surface area (Å²) in [5, 5.41) is 12.4. The van der Waals surface area contributed by atoms with Crippen molar-refractivity contribution in [1.82, 2.24) is 26.2 Å². The lowest BCUT2D eigenvalue weighted by atomic mass is 9.77. The van der Waals surface area contributed by atoms with Gasteiger partial charge in [0.05, 0.1) is 17.5 Å². The van der Waals surface area contributed by atoms with E-state index in [0.717, 1.165) is 24.0 Å². The van der Waals surface area contributed by atoms with E-state index in [-0.39, 0.29) is 35.0 Å². The number of nitrogens with one attached hydrogen (secondary N) is 4. The molecule has 2 fully saturated rings. The van der Waals surface area contributed by atoms with Crippen molar-refractivity contribution in [3.8, 4) is 0 Å². The largest absolute Gasteiger partial charge is 0.376 e. The Morgan fingerprint density at radius 1 is 0.840 bits per heavy atom. The highest BCUT2D eigenvalue weighted by Gasteiger charge is 2.45. The van der Waals surface area contributed by atoms with Gasteiger partial charge in [-0.15, -0.1) is 0 Å². The number of carbonyl (C=O) groups excluding carboxylic acids is 4. The summed E-state index contributed by atoms with van der Waals surface area (Å²) in [6, 6.07) is 16.6. The van der Waals surface area contributed by atoms with Gasteiger partial charge in [-0.1, -0.05) is 81.1 Å². The first-order valence-electron chi connectivity index (χ1n) is 18.2. The van der Waals surface area contributed by atoms with Crippen molar-refractivity contribution in [3.63, 3.8) is 0 Å². The van der Waals surface area contributed by atoms with Gasteiger partial charge in [-0.2, -0.15) is 0 Å². The number of piperidine rings is 1. The van der Waals surface area contributed by atoms with Gasteiger partial charge in [0.2, 0.25) is 23.6 Å². The topological polar surface area (TPSA) is 172 Å². The fourth-order valence-electron chi connectivity index (χ4n) is 6.97. The van der Waals surface area contributed by atoms with Gasteiger partial charge >= 0.3 is 0 Å². The summed E-state index contributed by atoms with van der Waals surface area (Å²) in [5.74, 6) is -0.519. The van der Waals surface area contributed by atoms with Gasteiger partial charge in [0, 0.05) is 25.3 Å². The highest BCUT2D eigenvalue weighted by Crippen LogP contribution is 2.38. The molecule has 4 amide bonds. The molecule has 2 aromatic rings. The molecule has 8 N–H and O–H groups in total. The maximum Gasteiger partial charge on any atom is 0.245 e. The van der Waals surface area contributed by atoms with Crippen molar-refractivity contribution in [2.24, 2.45) is 22.8 Å². The Morgan fingerprint density at radius 3 is 2.00 bits per heavy atom. The molecule has 0 bridgehead atoms. The van der Waals surface area contributed by atoms with E-state index in [1.54, 1.807) is 4.90 Å². The Kier molecular flexibility index (Phi) is 14.4. The lowest BCUT2D eigenvalue weighted by molar-refractivity contribution is -0.141. The van der Waals surface area contributed by atoms with E-state index in [1.807, 2.05) is 74.5 Å². The van der Waals surface area contributed by atoms with Crippen molar-refractivity contribution >= 4 is 23.6 Å². The summed E-state index contributed by atoms with van der Waals surface area (Å²) < 4.78 is 0. The van der Waals surface area contributed by atoms with E-state index in [9.17, 15) is 19.2 Å². The van der Waals surface area contributed by atoms with Gasteiger partial charge in [-0.05, 0) is 81.4 Å². The molecule has 0 saturated carbocycles. The molecule has 1 spiro atoms. The highest BCUT2D eigenvalue weighted by molar-refractivity contribution is 5.90. The summed E-state index contributed by atoms with van der Waals surface area (Å²) in [6.45, 7) is 10.5. The fourth-order valence-corrected chi connectivity index (χ4v) is 6.97. The first-order valence-corrected chi connectivity index (χ1v) is 18.2. The van der Waals surface area contributed by atoms with E-state index in [4.69, 9.17) is 11.5 Å². The van der Waals surface area contributed by atoms with Crippen molar-refractivity contribution in [2.75, 3.05) is 26.2 Å². The van der Waals surface area contributed by atoms with E-state index in [2.05, 4.69) is 27.8 Å². The number of hydrogen-bond acceptors (Lipinski definition) is 7. The van der Waals surface area contributed by atoms with E-state index < -0.39 is 24.2 Å². The molecule has 4 atom stereocenters. The first kappa shape index (κ1) is 38.6. The Bertz CT molecular complexity index is 1430. The molecule has 4 rings (SSSR count). The molecule has 272 valence electrons. The molecule has 2 heterocycles. The molecule has 50 heavy (non-hydrogen) atoms. The molecule has 0 unspecified atom stereocenters. The van der Waals surface area contributed by atoms with Crippen molar-refractivity contribution in [1.29, 1.82) is 0 Å². The molecular weight excluding hydrogens is 630 g/mol. The third-order valence-electron chi connectivity index (χ3n) is 10.0. The van der Waals surface area contributed by atoms with Gasteiger partial charge in [-0.3, -0.25) is 19.2 Å². The van der Waals surface area contributed by atoms with Crippen LogP contribution in [0.1, 0.15) is 69.9 Å². The van der Waals surface area contributed by atoms with Crippen LogP contribution in [0.25, 0.3) is 0 Å². The normalized spacial score (nSPS) is 17.8. The van der Waals surface area contributed by atoms with Crippen molar-refractivity contribution < 1.29 is 19.2 Å². The summed E-state index contributed by atoms with van der Waals surface area (Å²) in [4.78, 5) is 55.6. The second-order valence-electron chi connectivity index (χ2n) is 14.4. The molecule has 2 aliphatic heterocycles. The second kappa shape index (κ2) is 18.7. The van der Waals surface area contributed by atoms with Gasteiger partial charge in [0.25, 0.3) is 0 Å². The minimum Gasteiger partial charge on any atom is -0.376 e. The predicted octanol–water partition coefficient (Wildman–Crippen LogP) is 2.54. The summed E-state index contributed by atoms with van der Waals surface area (Å²) >= 11 is 0. The predicted molar refractivity (Wildman–Crippen MR) is 196 cm³/mol. The van der Waals surface area contributed by atoms with Crippen LogP contribution in [0.3, 0.4) is 0 Å². The van der Waals surface area contributed by atoms with Crippen LogP contribution in [-0.4, -0.2) is 78.9 Å². The number of carbonyl (C=O) groups is 4. The highest BCUT2D eigenvalue weighted by atomic mass is 16.2. The lowest BCUT2D eigenvalue weighted by Gasteiger charge is -2.39. The number of amides is 4. The Balaban J connectivity index is 1.46. The molecule has 0 aliphatic carbocycles. The van der Waals surface area contributed by atoms with Crippen LogP contribution < -0.4 is 32.7 Å². The average Bonchev–Trinajstić information content (AvgIpc) is 3.46. The third-order valence-corrected chi connectivity index (χ3v) is 10.0. The number of nitrogens with two attached hydrogens (primary N) is 2. The summed E-state index contributed by atoms with van der Waals surface area (Å²) in [7, 11) is 0. The quantitative estimate of drug-likeness (QED) is 0.131. The van der Waals surface area contributed by atoms with Crippen LogP contribution in [0.4, 0.5) is 0 Å². The monoisotopic (exact) mass is 687 g/mol. The maximum atomic E-state index is 14.0. The lowest BCUT2D eigenvalue weighted by Crippen LogP contribution is -2.57. The minimum atomic E-state index is -0.772. The molecular formula is C39H57N7O4. The van der Waals surface area contributed by atoms with E-state index in [1.165, 1.54) is 0 Å². The van der Waals surface area contributed by atoms with E-state index in [0.29, 0.717) is 76.8 Å². The Hall–Kier alpha value is -4.22. The van der Waals surface area contributed by atoms with Crippen LogP contribution >= 0.6 is 0 Å². The van der Waals surface area contributed by atoms with Gasteiger partial charge in [-0.25, -0.2) is 0 Å². The van der Waals surface area contributed by atoms with Crippen molar-refractivity contribution in [3.05, 3.63) is 84.1 Å². The number of rotatable bonds is 18. The molecule has 11 nitrogen and oxygen atoms in total. The van der Waals surface area contributed by atoms with E-state index >= 15 is 0 Å².